The molecule has 0 unspecified atom stereocenters. The maximum atomic E-state index is 11.6. The summed E-state index contributed by atoms with van der Waals surface area (Å²) in [5, 5.41) is 10.5. The first-order valence-corrected chi connectivity index (χ1v) is 7.81. The monoisotopic (exact) mass is 391 g/mol. The Bertz CT molecular complexity index is 726. The Kier molecular flexibility index (Phi) is 6.51. The predicted molar refractivity (Wildman–Crippen MR) is 92.7 cm³/mol. The first kappa shape index (κ1) is 17.7. The van der Waals surface area contributed by atoms with E-state index in [0.717, 1.165) is 4.47 Å². The summed E-state index contributed by atoms with van der Waals surface area (Å²) in [5.74, 6) is 0.184. The molecule has 0 aliphatic rings. The van der Waals surface area contributed by atoms with E-state index >= 15 is 0 Å². The van der Waals surface area contributed by atoms with E-state index in [2.05, 4.69) is 15.9 Å². The summed E-state index contributed by atoms with van der Waals surface area (Å²) < 4.78 is 11.4. The standard InChI is InChI=1S/C17H14BrNO5/c18-14-4-8-16(9-5-14)23-11-12-24-17(20)10-3-13-1-6-15(7-2-13)19(21)22/h1-10H,11-12H2. The van der Waals surface area contributed by atoms with Crippen LogP contribution < -0.4 is 4.74 Å². The van der Waals surface area contributed by atoms with Crippen molar-refractivity contribution < 1.29 is 19.2 Å². The predicted octanol–water partition coefficient (Wildman–Crippen LogP) is 3.99. The number of rotatable bonds is 7. The van der Waals surface area contributed by atoms with E-state index in [1.807, 2.05) is 12.1 Å². The molecule has 2 aromatic rings. The van der Waals surface area contributed by atoms with Gasteiger partial charge in [0.25, 0.3) is 5.69 Å². The molecule has 7 heteroatoms. The molecule has 0 aromatic heterocycles. The van der Waals surface area contributed by atoms with Gasteiger partial charge < -0.3 is 9.47 Å². The summed E-state index contributed by atoms with van der Waals surface area (Å²) in [7, 11) is 0. The molecule has 0 aliphatic heterocycles. The van der Waals surface area contributed by atoms with Gasteiger partial charge in [0.05, 0.1) is 4.92 Å². The Labute approximate surface area is 147 Å². The molecule has 0 spiro atoms. The molecule has 0 saturated heterocycles. The Morgan fingerprint density at radius 1 is 1.08 bits per heavy atom. The minimum Gasteiger partial charge on any atom is -0.490 e. The highest BCUT2D eigenvalue weighted by Crippen LogP contribution is 2.16. The van der Waals surface area contributed by atoms with Gasteiger partial charge in [0.1, 0.15) is 19.0 Å². The van der Waals surface area contributed by atoms with Gasteiger partial charge in [-0.15, -0.1) is 0 Å². The molecule has 2 aromatic carbocycles. The Morgan fingerprint density at radius 2 is 1.75 bits per heavy atom. The Balaban J connectivity index is 1.72. The quantitative estimate of drug-likeness (QED) is 0.234. The van der Waals surface area contributed by atoms with Gasteiger partial charge in [0.15, 0.2) is 0 Å². The van der Waals surface area contributed by atoms with Gasteiger partial charge in [0.2, 0.25) is 0 Å². The lowest BCUT2D eigenvalue weighted by Crippen LogP contribution is -2.10. The van der Waals surface area contributed by atoms with Gasteiger partial charge in [-0.2, -0.15) is 0 Å². The van der Waals surface area contributed by atoms with Gasteiger partial charge >= 0.3 is 5.97 Å². The van der Waals surface area contributed by atoms with Crippen molar-refractivity contribution in [3.8, 4) is 5.75 Å². The summed E-state index contributed by atoms with van der Waals surface area (Å²) >= 11 is 3.33. The number of hydrogen-bond donors (Lipinski definition) is 0. The molecule has 0 fully saturated rings. The van der Waals surface area contributed by atoms with E-state index in [4.69, 9.17) is 9.47 Å². The van der Waals surface area contributed by atoms with E-state index in [-0.39, 0.29) is 18.9 Å². The van der Waals surface area contributed by atoms with E-state index in [9.17, 15) is 14.9 Å². The molecule has 124 valence electrons. The summed E-state index contributed by atoms with van der Waals surface area (Å²) in [5.41, 5.74) is 0.670. The first-order chi connectivity index (χ1) is 11.5. The summed E-state index contributed by atoms with van der Waals surface area (Å²) in [6, 6.07) is 13.2. The molecule has 0 bridgehead atoms. The number of carbonyl (C=O) groups is 1. The second kappa shape index (κ2) is 8.83. The number of non-ortho nitro benzene ring substituents is 1. The van der Waals surface area contributed by atoms with Crippen molar-refractivity contribution >= 4 is 33.7 Å². The SMILES string of the molecule is O=C(C=Cc1ccc([N+](=O)[O-])cc1)OCCOc1ccc(Br)cc1. The number of hydrogen-bond acceptors (Lipinski definition) is 5. The normalized spacial score (nSPS) is 10.5. The Hall–Kier alpha value is -2.67. The van der Waals surface area contributed by atoms with Crippen molar-refractivity contribution in [1.29, 1.82) is 0 Å². The van der Waals surface area contributed by atoms with Gasteiger partial charge in [-0.05, 0) is 48.0 Å². The van der Waals surface area contributed by atoms with Crippen molar-refractivity contribution in [3.63, 3.8) is 0 Å². The van der Waals surface area contributed by atoms with Crippen LogP contribution in [-0.4, -0.2) is 24.1 Å². The second-order valence-corrected chi connectivity index (χ2v) is 5.57. The number of esters is 1. The topological polar surface area (TPSA) is 78.7 Å². The van der Waals surface area contributed by atoms with Crippen LogP contribution in [0.1, 0.15) is 5.56 Å². The first-order valence-electron chi connectivity index (χ1n) is 7.02. The van der Waals surface area contributed by atoms with E-state index < -0.39 is 10.9 Å². The van der Waals surface area contributed by atoms with Crippen LogP contribution in [0.2, 0.25) is 0 Å². The molecule has 0 radical (unpaired) electrons. The molecule has 0 N–H and O–H groups in total. The van der Waals surface area contributed by atoms with Crippen LogP contribution in [0, 0.1) is 10.1 Å². The van der Waals surface area contributed by atoms with Crippen LogP contribution in [0.15, 0.2) is 59.1 Å². The maximum absolute atomic E-state index is 11.6. The third-order valence-electron chi connectivity index (χ3n) is 2.93. The molecule has 0 heterocycles. The molecule has 6 nitrogen and oxygen atoms in total. The highest BCUT2D eigenvalue weighted by molar-refractivity contribution is 9.10. The smallest absolute Gasteiger partial charge is 0.330 e. The third kappa shape index (κ3) is 5.85. The molecular formula is C17H14BrNO5. The summed E-state index contributed by atoms with van der Waals surface area (Å²) in [4.78, 5) is 21.6. The second-order valence-electron chi connectivity index (χ2n) is 4.65. The van der Waals surface area contributed by atoms with Crippen molar-refractivity contribution in [3.05, 3.63) is 74.8 Å². The fourth-order valence-electron chi connectivity index (χ4n) is 1.75. The highest BCUT2D eigenvalue weighted by Gasteiger charge is 2.03. The molecule has 0 atom stereocenters. The average molecular weight is 392 g/mol. The molecule has 2 rings (SSSR count). The largest absolute Gasteiger partial charge is 0.490 e. The highest BCUT2D eigenvalue weighted by atomic mass is 79.9. The van der Waals surface area contributed by atoms with Crippen molar-refractivity contribution in [2.45, 2.75) is 0 Å². The van der Waals surface area contributed by atoms with Crippen LogP contribution in [0.25, 0.3) is 6.08 Å². The average Bonchev–Trinajstić information content (AvgIpc) is 2.59. The number of nitro groups is 1. The van der Waals surface area contributed by atoms with Crippen molar-refractivity contribution in [1.82, 2.24) is 0 Å². The van der Waals surface area contributed by atoms with Crippen molar-refractivity contribution in [2.24, 2.45) is 0 Å². The molecule has 0 amide bonds. The minimum atomic E-state index is -0.507. The zero-order valence-corrected chi connectivity index (χ0v) is 14.1. The molecule has 0 saturated carbocycles. The number of ether oxygens (including phenoxy) is 2. The van der Waals surface area contributed by atoms with E-state index in [0.29, 0.717) is 11.3 Å². The zero-order chi connectivity index (χ0) is 17.4. The third-order valence-corrected chi connectivity index (χ3v) is 3.45. The number of nitrogens with zero attached hydrogens (tertiary/aromatic N) is 1. The van der Waals surface area contributed by atoms with E-state index in [1.54, 1.807) is 24.3 Å². The number of benzene rings is 2. The lowest BCUT2D eigenvalue weighted by molar-refractivity contribution is -0.384. The Morgan fingerprint density at radius 3 is 2.38 bits per heavy atom. The molecule has 0 aliphatic carbocycles. The summed E-state index contributed by atoms with van der Waals surface area (Å²) in [6.45, 7) is 0.373. The maximum Gasteiger partial charge on any atom is 0.330 e. The lowest BCUT2D eigenvalue weighted by Gasteiger charge is -2.06. The molecular weight excluding hydrogens is 378 g/mol. The van der Waals surface area contributed by atoms with Gasteiger partial charge in [-0.3, -0.25) is 10.1 Å². The van der Waals surface area contributed by atoms with Crippen molar-refractivity contribution in [2.75, 3.05) is 13.2 Å². The number of carbonyl (C=O) groups excluding carboxylic acids is 1. The van der Waals surface area contributed by atoms with Gasteiger partial charge in [-0.1, -0.05) is 15.9 Å². The fraction of sp³-hybridized carbons (Fsp3) is 0.118. The van der Waals surface area contributed by atoms with Crippen LogP contribution in [0.3, 0.4) is 0 Å². The molecule has 24 heavy (non-hydrogen) atoms. The summed E-state index contributed by atoms with van der Waals surface area (Å²) in [6.07, 6.45) is 2.79. The van der Waals surface area contributed by atoms with Crippen LogP contribution in [0.5, 0.6) is 5.75 Å². The zero-order valence-electron chi connectivity index (χ0n) is 12.6. The van der Waals surface area contributed by atoms with Crippen LogP contribution in [0.4, 0.5) is 5.69 Å². The van der Waals surface area contributed by atoms with Crippen LogP contribution >= 0.6 is 15.9 Å². The minimum absolute atomic E-state index is 0.000169. The fourth-order valence-corrected chi connectivity index (χ4v) is 2.02. The van der Waals surface area contributed by atoms with Crippen LogP contribution in [-0.2, 0) is 9.53 Å². The number of nitro benzene ring substituents is 1. The van der Waals surface area contributed by atoms with Gasteiger partial charge in [-0.25, -0.2) is 4.79 Å². The van der Waals surface area contributed by atoms with E-state index in [1.165, 1.54) is 24.3 Å². The van der Waals surface area contributed by atoms with Gasteiger partial charge in [0, 0.05) is 22.7 Å². The lowest BCUT2D eigenvalue weighted by atomic mass is 10.2. The number of halogens is 1.